The number of rotatable bonds is 6. The highest BCUT2D eigenvalue weighted by molar-refractivity contribution is 7.92. The van der Waals surface area contributed by atoms with Crippen LogP contribution in [-0.2, 0) is 14.8 Å². The van der Waals surface area contributed by atoms with Crippen molar-refractivity contribution in [1.82, 2.24) is 5.32 Å². The zero-order valence-corrected chi connectivity index (χ0v) is 15.6. The van der Waals surface area contributed by atoms with E-state index in [9.17, 15) is 13.2 Å². The number of hydrogen-bond donors (Lipinski definition) is 2. The molecule has 0 saturated heterocycles. The van der Waals surface area contributed by atoms with Gasteiger partial charge in [-0.25, -0.2) is 8.42 Å². The predicted octanol–water partition coefficient (Wildman–Crippen LogP) is 2.96. The minimum absolute atomic E-state index is 0.0758. The first-order chi connectivity index (χ1) is 11.7. The van der Waals surface area contributed by atoms with Crippen molar-refractivity contribution in [3.63, 3.8) is 0 Å². The lowest BCUT2D eigenvalue weighted by molar-refractivity contribution is -0.126. The SMILES string of the molecule is CNC(=O)[C@H](C)Oc1ccc(S(=O)(=O)Nc2cc(Cl)ccc2C)cc1. The molecule has 0 saturated carbocycles. The molecule has 0 spiro atoms. The molecule has 25 heavy (non-hydrogen) atoms. The molecular weight excluding hydrogens is 364 g/mol. The van der Waals surface area contributed by atoms with E-state index in [1.165, 1.54) is 31.3 Å². The molecule has 0 aliphatic heterocycles. The fraction of sp³-hybridized carbons (Fsp3) is 0.235. The highest BCUT2D eigenvalue weighted by Gasteiger charge is 2.17. The van der Waals surface area contributed by atoms with Crippen LogP contribution in [0.5, 0.6) is 5.75 Å². The molecule has 0 radical (unpaired) electrons. The summed E-state index contributed by atoms with van der Waals surface area (Å²) in [6.07, 6.45) is -0.681. The number of carbonyl (C=O) groups excluding carboxylic acids is 1. The highest BCUT2D eigenvalue weighted by Crippen LogP contribution is 2.24. The fourth-order valence-corrected chi connectivity index (χ4v) is 3.36. The molecule has 0 aliphatic carbocycles. The molecule has 0 unspecified atom stereocenters. The van der Waals surface area contributed by atoms with Gasteiger partial charge < -0.3 is 10.1 Å². The van der Waals surface area contributed by atoms with Gasteiger partial charge in [-0.1, -0.05) is 17.7 Å². The smallest absolute Gasteiger partial charge is 0.261 e. The van der Waals surface area contributed by atoms with E-state index >= 15 is 0 Å². The van der Waals surface area contributed by atoms with E-state index < -0.39 is 16.1 Å². The Morgan fingerprint density at radius 2 is 1.80 bits per heavy atom. The van der Waals surface area contributed by atoms with Gasteiger partial charge in [-0.15, -0.1) is 0 Å². The van der Waals surface area contributed by atoms with Crippen molar-refractivity contribution in [1.29, 1.82) is 0 Å². The molecule has 134 valence electrons. The molecule has 1 amide bonds. The number of halogens is 1. The summed E-state index contributed by atoms with van der Waals surface area (Å²) in [4.78, 5) is 11.5. The number of amides is 1. The zero-order chi connectivity index (χ0) is 18.6. The summed E-state index contributed by atoms with van der Waals surface area (Å²) in [6, 6.07) is 10.8. The van der Waals surface area contributed by atoms with Crippen LogP contribution in [0.3, 0.4) is 0 Å². The van der Waals surface area contributed by atoms with Gasteiger partial charge in [0.15, 0.2) is 6.10 Å². The van der Waals surface area contributed by atoms with Crippen LogP contribution in [0.2, 0.25) is 5.02 Å². The molecule has 2 aromatic rings. The first kappa shape index (κ1) is 19.1. The normalized spacial score (nSPS) is 12.3. The Morgan fingerprint density at radius 3 is 2.40 bits per heavy atom. The van der Waals surface area contributed by atoms with Crippen molar-refractivity contribution in [3.8, 4) is 5.75 Å². The quantitative estimate of drug-likeness (QED) is 0.804. The largest absolute Gasteiger partial charge is 0.481 e. The molecule has 0 heterocycles. The molecule has 6 nitrogen and oxygen atoms in total. The van der Waals surface area contributed by atoms with Crippen LogP contribution in [0, 0.1) is 6.92 Å². The summed E-state index contributed by atoms with van der Waals surface area (Å²) in [5.41, 5.74) is 1.17. The summed E-state index contributed by atoms with van der Waals surface area (Å²) < 4.78 is 32.9. The number of aryl methyl sites for hydroxylation is 1. The van der Waals surface area contributed by atoms with E-state index in [1.807, 2.05) is 0 Å². The Balaban J connectivity index is 2.17. The minimum Gasteiger partial charge on any atom is -0.481 e. The van der Waals surface area contributed by atoms with Gasteiger partial charge in [-0.05, 0) is 55.8 Å². The van der Waals surface area contributed by atoms with Crippen molar-refractivity contribution in [3.05, 3.63) is 53.1 Å². The average molecular weight is 383 g/mol. The van der Waals surface area contributed by atoms with Crippen LogP contribution in [0.25, 0.3) is 0 Å². The lowest BCUT2D eigenvalue weighted by atomic mass is 10.2. The van der Waals surface area contributed by atoms with Crippen LogP contribution in [0.4, 0.5) is 5.69 Å². The second kappa shape index (κ2) is 7.76. The van der Waals surface area contributed by atoms with Gasteiger partial charge in [0.25, 0.3) is 15.9 Å². The first-order valence-corrected chi connectivity index (χ1v) is 9.36. The van der Waals surface area contributed by atoms with E-state index in [2.05, 4.69) is 10.0 Å². The summed E-state index contributed by atoms with van der Waals surface area (Å²) >= 11 is 5.91. The third-order valence-corrected chi connectivity index (χ3v) is 5.12. The molecule has 0 aliphatic rings. The lowest BCUT2D eigenvalue weighted by Gasteiger charge is -2.14. The Kier molecular flexibility index (Phi) is 5.92. The lowest BCUT2D eigenvalue weighted by Crippen LogP contribution is -2.33. The van der Waals surface area contributed by atoms with Gasteiger partial charge in [0.2, 0.25) is 0 Å². The first-order valence-electron chi connectivity index (χ1n) is 7.50. The summed E-state index contributed by atoms with van der Waals surface area (Å²) in [5.74, 6) is 0.129. The van der Waals surface area contributed by atoms with E-state index in [4.69, 9.17) is 16.3 Å². The fourth-order valence-electron chi connectivity index (χ4n) is 2.07. The summed E-state index contributed by atoms with van der Waals surface area (Å²) in [5, 5.41) is 2.92. The van der Waals surface area contributed by atoms with Crippen molar-refractivity contribution < 1.29 is 17.9 Å². The zero-order valence-electron chi connectivity index (χ0n) is 14.0. The van der Waals surface area contributed by atoms with Crippen molar-refractivity contribution >= 4 is 33.2 Å². The van der Waals surface area contributed by atoms with Gasteiger partial charge in [0, 0.05) is 12.1 Å². The predicted molar refractivity (Wildman–Crippen MR) is 97.6 cm³/mol. The number of ether oxygens (including phenoxy) is 1. The van der Waals surface area contributed by atoms with Crippen LogP contribution in [0.15, 0.2) is 47.4 Å². The van der Waals surface area contributed by atoms with E-state index in [0.717, 1.165) is 5.56 Å². The van der Waals surface area contributed by atoms with Gasteiger partial charge in [-0.3, -0.25) is 9.52 Å². The van der Waals surface area contributed by atoms with Gasteiger partial charge in [0.05, 0.1) is 10.6 Å². The number of sulfonamides is 1. The molecule has 2 rings (SSSR count). The molecule has 8 heteroatoms. The summed E-state index contributed by atoms with van der Waals surface area (Å²) in [6.45, 7) is 3.39. The molecule has 2 N–H and O–H groups in total. The Morgan fingerprint density at radius 1 is 1.16 bits per heavy atom. The van der Waals surface area contributed by atoms with Crippen LogP contribution in [-0.4, -0.2) is 27.5 Å². The molecule has 0 aromatic heterocycles. The maximum atomic E-state index is 12.5. The maximum Gasteiger partial charge on any atom is 0.261 e. The number of carbonyl (C=O) groups is 1. The Labute approximate surface area is 152 Å². The van der Waals surface area contributed by atoms with Gasteiger partial charge in [-0.2, -0.15) is 0 Å². The van der Waals surface area contributed by atoms with Crippen LogP contribution < -0.4 is 14.8 Å². The molecule has 0 fully saturated rings. The highest BCUT2D eigenvalue weighted by atomic mass is 35.5. The number of benzene rings is 2. The monoisotopic (exact) mass is 382 g/mol. The maximum absolute atomic E-state index is 12.5. The van der Waals surface area contributed by atoms with E-state index in [1.54, 1.807) is 32.0 Å². The molecule has 1 atom stereocenters. The van der Waals surface area contributed by atoms with Crippen LogP contribution >= 0.6 is 11.6 Å². The molecule has 0 bridgehead atoms. The van der Waals surface area contributed by atoms with Crippen molar-refractivity contribution in [2.24, 2.45) is 0 Å². The number of hydrogen-bond acceptors (Lipinski definition) is 4. The van der Waals surface area contributed by atoms with Gasteiger partial charge >= 0.3 is 0 Å². The Bertz CT molecular complexity index is 867. The van der Waals surface area contributed by atoms with Crippen molar-refractivity contribution in [2.75, 3.05) is 11.8 Å². The van der Waals surface area contributed by atoms with E-state index in [-0.39, 0.29) is 10.8 Å². The standard InChI is InChI=1S/C17H19ClN2O4S/c1-11-4-5-13(18)10-16(11)20-25(22,23)15-8-6-14(7-9-15)24-12(2)17(21)19-3/h4-10,12,20H,1-3H3,(H,19,21)/t12-/m0/s1. The minimum atomic E-state index is -3.76. The van der Waals surface area contributed by atoms with Crippen molar-refractivity contribution in [2.45, 2.75) is 24.8 Å². The average Bonchev–Trinajstić information content (AvgIpc) is 2.57. The molecular formula is C17H19ClN2O4S. The van der Waals surface area contributed by atoms with E-state index in [0.29, 0.717) is 16.5 Å². The van der Waals surface area contributed by atoms with Gasteiger partial charge in [0.1, 0.15) is 5.75 Å². The molecule has 2 aromatic carbocycles. The third kappa shape index (κ3) is 4.87. The number of likely N-dealkylation sites (N-methyl/N-ethyl adjacent to an activating group) is 1. The Hall–Kier alpha value is -2.25. The second-order valence-corrected chi connectivity index (χ2v) is 7.53. The van der Waals surface area contributed by atoms with Crippen LogP contribution in [0.1, 0.15) is 12.5 Å². The number of anilines is 1. The topological polar surface area (TPSA) is 84.5 Å². The number of nitrogens with one attached hydrogen (secondary N) is 2. The second-order valence-electron chi connectivity index (χ2n) is 5.41. The summed E-state index contributed by atoms with van der Waals surface area (Å²) in [7, 11) is -2.25. The third-order valence-electron chi connectivity index (χ3n) is 3.51.